The van der Waals surface area contributed by atoms with Crippen LogP contribution >= 0.6 is 23.2 Å². The first-order valence-corrected chi connectivity index (χ1v) is 8.03. The molecule has 0 radical (unpaired) electrons. The highest BCUT2D eigenvalue weighted by Crippen LogP contribution is 2.22. The van der Waals surface area contributed by atoms with Gasteiger partial charge in [-0.1, -0.05) is 47.5 Å². The van der Waals surface area contributed by atoms with Crippen LogP contribution < -0.4 is 5.32 Å². The first-order valence-electron chi connectivity index (χ1n) is 7.15. The van der Waals surface area contributed by atoms with Crippen LogP contribution in [-0.2, 0) is 4.79 Å². The summed E-state index contributed by atoms with van der Waals surface area (Å²) in [6.07, 6.45) is -1.23. The van der Waals surface area contributed by atoms with E-state index in [1.807, 2.05) is 19.1 Å². The van der Waals surface area contributed by atoms with Gasteiger partial charge in [0.15, 0.2) is 4.84 Å². The normalized spacial score (nSPS) is 13.6. The van der Waals surface area contributed by atoms with Gasteiger partial charge in [-0.25, -0.2) is 4.39 Å². The van der Waals surface area contributed by atoms with Crippen molar-refractivity contribution in [1.82, 2.24) is 15.5 Å². The molecule has 5 nitrogen and oxygen atoms in total. The molecule has 0 bridgehead atoms. The number of carbonyl (C=O) groups is 1. The maximum absolute atomic E-state index is 13.1. The molecule has 0 fully saturated rings. The number of nitrogens with one attached hydrogen (secondary N) is 1. The van der Waals surface area contributed by atoms with Gasteiger partial charge < -0.3 is 10.4 Å². The second-order valence-corrected chi connectivity index (χ2v) is 6.29. The van der Waals surface area contributed by atoms with Gasteiger partial charge in [0.25, 0.3) is 5.91 Å². The van der Waals surface area contributed by atoms with Gasteiger partial charge >= 0.3 is 0 Å². The minimum absolute atomic E-state index is 0.447. The maximum Gasteiger partial charge on any atom is 0.253 e. The molecule has 0 spiro atoms. The predicted molar refractivity (Wildman–Crippen MR) is 90.6 cm³/mol. The molecule has 1 aromatic carbocycles. The van der Waals surface area contributed by atoms with Crippen molar-refractivity contribution in [3.63, 3.8) is 0 Å². The number of carbonyl (C=O) groups excluding carboxylic acids is 1. The Kier molecular flexibility index (Phi) is 6.48. The largest absolute Gasteiger partial charge is 0.386 e. The third kappa shape index (κ3) is 4.63. The number of aliphatic hydroxyl groups excluding tert-OH is 1. The Hall–Kier alpha value is -1.76. The highest BCUT2D eigenvalue weighted by molar-refractivity contribution is 6.53. The molecule has 2 N–H and O–H groups in total. The Labute approximate surface area is 148 Å². The zero-order valence-electron chi connectivity index (χ0n) is 12.8. The van der Waals surface area contributed by atoms with Crippen LogP contribution in [0.3, 0.4) is 0 Å². The van der Waals surface area contributed by atoms with Crippen LogP contribution in [0.15, 0.2) is 36.4 Å². The zero-order valence-corrected chi connectivity index (χ0v) is 14.3. The molecule has 1 aromatic heterocycles. The smallest absolute Gasteiger partial charge is 0.253 e. The second-order valence-electron chi connectivity index (χ2n) is 5.20. The van der Waals surface area contributed by atoms with Crippen molar-refractivity contribution in [2.24, 2.45) is 0 Å². The van der Waals surface area contributed by atoms with Crippen LogP contribution in [0.2, 0.25) is 0 Å². The summed E-state index contributed by atoms with van der Waals surface area (Å²) in [4.78, 5) is 10.1. The summed E-state index contributed by atoms with van der Waals surface area (Å²) in [6.45, 7) is 0.881. The van der Waals surface area contributed by atoms with E-state index >= 15 is 0 Å². The number of rotatable bonds is 6. The number of halogens is 3. The first kappa shape index (κ1) is 18.6. The van der Waals surface area contributed by atoms with Crippen LogP contribution in [0, 0.1) is 6.92 Å². The second kappa shape index (κ2) is 8.37. The number of amides is 1. The predicted octanol–water partition coefficient (Wildman–Crippen LogP) is 2.74. The van der Waals surface area contributed by atoms with Gasteiger partial charge in [0, 0.05) is 5.56 Å². The van der Waals surface area contributed by atoms with Crippen LogP contribution in [0.5, 0.6) is 0 Å². The van der Waals surface area contributed by atoms with Crippen molar-refractivity contribution < 1.29 is 14.3 Å². The van der Waals surface area contributed by atoms with E-state index in [2.05, 4.69) is 15.5 Å². The molecule has 2 aromatic rings. The van der Waals surface area contributed by atoms with Crippen LogP contribution in [-0.4, -0.2) is 38.8 Å². The molecule has 128 valence electrons. The fourth-order valence-electron chi connectivity index (χ4n) is 2.08. The summed E-state index contributed by atoms with van der Waals surface area (Å²) in [5.74, 6) is -0.758. The van der Waals surface area contributed by atoms with Crippen LogP contribution in [0.1, 0.15) is 17.4 Å². The van der Waals surface area contributed by atoms with Crippen LogP contribution in [0.4, 0.5) is 4.39 Å². The van der Waals surface area contributed by atoms with E-state index in [-0.39, 0.29) is 0 Å². The molecular formula is C16H16Cl2FN3O2. The lowest BCUT2D eigenvalue weighted by atomic mass is 10.0. The summed E-state index contributed by atoms with van der Waals surface area (Å²) < 4.78 is 13.1. The fourth-order valence-corrected chi connectivity index (χ4v) is 2.21. The summed E-state index contributed by atoms with van der Waals surface area (Å²) in [7, 11) is 0. The van der Waals surface area contributed by atoms with E-state index in [1.54, 1.807) is 24.3 Å². The lowest BCUT2D eigenvalue weighted by Crippen LogP contribution is -2.43. The lowest BCUT2D eigenvalue weighted by Gasteiger charge is -2.22. The number of aliphatic hydroxyl groups is 1. The van der Waals surface area contributed by atoms with Gasteiger partial charge in [0.05, 0.1) is 17.4 Å². The summed E-state index contributed by atoms with van der Waals surface area (Å²) in [6, 6.07) is 9.28. The Morgan fingerprint density at radius 1 is 1.21 bits per heavy atom. The SMILES string of the molecule is Cc1ccc(-c2ccc([C@@H](O)[C@@H](CF)NC(=O)C(Cl)Cl)cc2)nn1. The van der Waals surface area contributed by atoms with Crippen molar-refractivity contribution in [2.75, 3.05) is 6.67 Å². The van der Waals surface area contributed by atoms with E-state index in [9.17, 15) is 14.3 Å². The highest BCUT2D eigenvalue weighted by atomic mass is 35.5. The molecule has 0 aliphatic rings. The van der Waals surface area contributed by atoms with E-state index in [0.29, 0.717) is 11.3 Å². The molecule has 1 heterocycles. The van der Waals surface area contributed by atoms with Crippen LogP contribution in [0.25, 0.3) is 11.3 Å². The number of hydrogen-bond acceptors (Lipinski definition) is 4. The zero-order chi connectivity index (χ0) is 17.7. The van der Waals surface area contributed by atoms with Crippen molar-refractivity contribution in [3.8, 4) is 11.3 Å². The minimum Gasteiger partial charge on any atom is -0.386 e. The minimum atomic E-state index is -1.33. The van der Waals surface area contributed by atoms with E-state index in [4.69, 9.17) is 23.2 Å². The molecule has 8 heteroatoms. The monoisotopic (exact) mass is 371 g/mol. The quantitative estimate of drug-likeness (QED) is 0.765. The van der Waals surface area contributed by atoms with Gasteiger partial charge in [0.2, 0.25) is 0 Å². The third-order valence-electron chi connectivity index (χ3n) is 3.42. The van der Waals surface area contributed by atoms with Gasteiger partial charge in [-0.3, -0.25) is 4.79 Å². The molecule has 0 aliphatic heterocycles. The van der Waals surface area contributed by atoms with Gasteiger partial charge in [-0.2, -0.15) is 10.2 Å². The molecule has 0 unspecified atom stereocenters. The maximum atomic E-state index is 13.1. The number of aromatic nitrogens is 2. The molecule has 24 heavy (non-hydrogen) atoms. The molecule has 1 amide bonds. The standard InChI is InChI=1S/C16H16Cl2FN3O2/c1-9-2-7-12(22-21-9)10-3-5-11(6-4-10)14(23)13(8-19)20-16(24)15(17)18/h2-7,13-15,23H,8H2,1H3,(H,20,24)/t13-,14-/m1/s1. The van der Waals surface area contributed by atoms with Gasteiger partial charge in [0.1, 0.15) is 12.8 Å². The third-order valence-corrected chi connectivity index (χ3v) is 3.82. The van der Waals surface area contributed by atoms with Crippen molar-refractivity contribution in [3.05, 3.63) is 47.7 Å². The first-order chi connectivity index (χ1) is 11.4. The Morgan fingerprint density at radius 3 is 2.38 bits per heavy atom. The number of hydrogen-bond donors (Lipinski definition) is 2. The Morgan fingerprint density at radius 2 is 1.88 bits per heavy atom. The highest BCUT2D eigenvalue weighted by Gasteiger charge is 2.25. The molecule has 0 aliphatic carbocycles. The van der Waals surface area contributed by atoms with E-state index in [1.165, 1.54) is 0 Å². The average Bonchev–Trinajstić information content (AvgIpc) is 2.59. The molecule has 2 rings (SSSR count). The molecule has 2 atom stereocenters. The number of nitrogens with zero attached hydrogens (tertiary/aromatic N) is 2. The number of alkyl halides is 3. The van der Waals surface area contributed by atoms with Crippen molar-refractivity contribution in [2.45, 2.75) is 23.9 Å². The summed E-state index contributed by atoms with van der Waals surface area (Å²) >= 11 is 10.8. The van der Waals surface area contributed by atoms with E-state index < -0.39 is 29.6 Å². The van der Waals surface area contributed by atoms with Gasteiger partial charge in [-0.15, -0.1) is 0 Å². The lowest BCUT2D eigenvalue weighted by molar-refractivity contribution is -0.121. The summed E-state index contributed by atoms with van der Waals surface area (Å²) in [5.41, 5.74) is 2.75. The molecule has 0 saturated heterocycles. The van der Waals surface area contributed by atoms with E-state index in [0.717, 1.165) is 11.3 Å². The van der Waals surface area contributed by atoms with Crippen molar-refractivity contribution >= 4 is 29.1 Å². The number of benzene rings is 1. The van der Waals surface area contributed by atoms with Gasteiger partial charge in [-0.05, 0) is 24.6 Å². The summed E-state index contributed by atoms with van der Waals surface area (Å²) in [5, 5.41) is 20.6. The number of aryl methyl sites for hydroxylation is 1. The topological polar surface area (TPSA) is 75.1 Å². The fraction of sp³-hybridized carbons (Fsp3) is 0.312. The Balaban J connectivity index is 2.13. The Bertz CT molecular complexity index is 681. The molecular weight excluding hydrogens is 356 g/mol. The average molecular weight is 372 g/mol. The van der Waals surface area contributed by atoms with Crippen molar-refractivity contribution in [1.29, 1.82) is 0 Å². The molecule has 0 saturated carbocycles.